The molecule has 1 N–H and O–H groups in total. The summed E-state index contributed by atoms with van der Waals surface area (Å²) in [5.74, 6) is 2.66. The van der Waals surface area contributed by atoms with Crippen molar-refractivity contribution >= 4 is 53.9 Å². The number of hydrogen-bond donors (Lipinski definition) is 1. The first-order chi connectivity index (χ1) is 17.4. The van der Waals surface area contributed by atoms with Crippen molar-refractivity contribution in [1.82, 2.24) is 9.97 Å². The predicted molar refractivity (Wildman–Crippen MR) is 154 cm³/mol. The quantitative estimate of drug-likeness (QED) is 0.256. The Morgan fingerprint density at radius 3 is 2.00 bits per heavy atom. The number of pyridine rings is 1. The molecule has 0 radical (unpaired) electrons. The molecule has 4 aromatic heterocycles. The molecule has 0 spiro atoms. The number of benzene rings is 2. The Hall–Kier alpha value is -3.55. The molecule has 186 valence electrons. The van der Waals surface area contributed by atoms with E-state index < -0.39 is 0 Å². The van der Waals surface area contributed by atoms with Crippen molar-refractivity contribution in [3.8, 4) is 17.2 Å². The number of rotatable bonds is 3. The van der Waals surface area contributed by atoms with Gasteiger partial charge in [0.2, 0.25) is 0 Å². The van der Waals surface area contributed by atoms with E-state index in [1.807, 2.05) is 48.6 Å². The number of aromatic amines is 1. The van der Waals surface area contributed by atoms with Gasteiger partial charge >= 0.3 is 0 Å². The lowest BCUT2D eigenvalue weighted by atomic mass is 10.2. The first kappa shape index (κ1) is 25.5. The minimum absolute atomic E-state index is 0.823. The van der Waals surface area contributed by atoms with Crippen LogP contribution in [0, 0.1) is 20.8 Å². The fourth-order valence-electron chi connectivity index (χ4n) is 3.80. The lowest BCUT2D eigenvalue weighted by Crippen LogP contribution is -1.82. The van der Waals surface area contributed by atoms with E-state index in [0.717, 1.165) is 28.3 Å². The standard InChI is InChI=1S/C10H11NO.C10H10OS.C9H9NOS/c1-7-5-8-6-9(12-2)3-4-10(8)11-7;1-7-5-8-6-9(11-2)3-4-10(8)12-7;1-6-3-8-9(12-6)4-7(11-2)5-10-8/h3-6,11H,1-2H3;3-6H,1-2H3;3-5H,1-2H3. The Morgan fingerprint density at radius 2 is 1.28 bits per heavy atom. The third-order valence-electron chi connectivity index (χ3n) is 5.51. The average molecular weight is 519 g/mol. The van der Waals surface area contributed by atoms with Crippen molar-refractivity contribution < 1.29 is 14.2 Å². The van der Waals surface area contributed by atoms with Crippen LogP contribution in [0.2, 0.25) is 0 Å². The summed E-state index contributed by atoms with van der Waals surface area (Å²) in [6.07, 6.45) is 1.74. The maximum atomic E-state index is 5.14. The normalized spacial score (nSPS) is 10.5. The first-order valence-electron chi connectivity index (χ1n) is 11.5. The highest BCUT2D eigenvalue weighted by atomic mass is 32.1. The fourth-order valence-corrected chi connectivity index (χ4v) is 5.61. The van der Waals surface area contributed by atoms with E-state index >= 15 is 0 Å². The van der Waals surface area contributed by atoms with Crippen LogP contribution in [0.3, 0.4) is 0 Å². The summed E-state index contributed by atoms with van der Waals surface area (Å²) < 4.78 is 17.8. The molecule has 0 atom stereocenters. The third-order valence-corrected chi connectivity index (χ3v) is 7.53. The Labute approximate surface area is 219 Å². The topological polar surface area (TPSA) is 56.4 Å². The maximum absolute atomic E-state index is 5.14. The molecule has 0 fully saturated rings. The molecule has 6 aromatic rings. The van der Waals surface area contributed by atoms with Gasteiger partial charge in [-0.05, 0) is 80.8 Å². The number of methoxy groups -OCH3 is 3. The lowest BCUT2D eigenvalue weighted by molar-refractivity contribution is 0.414. The van der Waals surface area contributed by atoms with Crippen LogP contribution in [0.5, 0.6) is 17.2 Å². The van der Waals surface area contributed by atoms with E-state index in [1.165, 1.54) is 35.6 Å². The summed E-state index contributed by atoms with van der Waals surface area (Å²) in [5.41, 5.74) is 3.39. The molecule has 6 rings (SSSR count). The molecule has 2 aromatic carbocycles. The number of hydrogen-bond acceptors (Lipinski definition) is 6. The molecule has 0 saturated carbocycles. The van der Waals surface area contributed by atoms with Crippen LogP contribution < -0.4 is 14.2 Å². The molecule has 0 aliphatic rings. The predicted octanol–water partition coefficient (Wildman–Crippen LogP) is 8.32. The van der Waals surface area contributed by atoms with Gasteiger partial charge in [0.15, 0.2) is 0 Å². The zero-order valence-electron chi connectivity index (χ0n) is 21.3. The van der Waals surface area contributed by atoms with Gasteiger partial charge in [-0.3, -0.25) is 4.98 Å². The molecular formula is C29H30N2O3S2. The first-order valence-corrected chi connectivity index (χ1v) is 13.1. The molecule has 0 aliphatic heterocycles. The van der Waals surface area contributed by atoms with Gasteiger partial charge in [0, 0.05) is 37.1 Å². The Morgan fingerprint density at radius 1 is 0.639 bits per heavy atom. The number of aryl methyl sites for hydroxylation is 3. The SMILES string of the molecule is COc1ccc2[nH]c(C)cc2c1.COc1ccc2sc(C)cc2c1.COc1cnc2cc(C)sc2c1. The van der Waals surface area contributed by atoms with Crippen LogP contribution in [-0.2, 0) is 0 Å². The molecule has 5 nitrogen and oxygen atoms in total. The van der Waals surface area contributed by atoms with Gasteiger partial charge in [0.25, 0.3) is 0 Å². The molecule has 7 heteroatoms. The summed E-state index contributed by atoms with van der Waals surface area (Å²) in [4.78, 5) is 10.1. The lowest BCUT2D eigenvalue weighted by Gasteiger charge is -1.97. The van der Waals surface area contributed by atoms with Gasteiger partial charge in [-0.15, -0.1) is 22.7 Å². The van der Waals surface area contributed by atoms with E-state index in [4.69, 9.17) is 14.2 Å². The van der Waals surface area contributed by atoms with Gasteiger partial charge in [0.05, 0.1) is 37.7 Å². The van der Waals surface area contributed by atoms with Crippen molar-refractivity contribution in [2.75, 3.05) is 21.3 Å². The highest BCUT2D eigenvalue weighted by Gasteiger charge is 2.01. The zero-order valence-corrected chi connectivity index (χ0v) is 23.0. The van der Waals surface area contributed by atoms with Gasteiger partial charge in [-0.25, -0.2) is 0 Å². The molecule has 0 aliphatic carbocycles. The second-order valence-corrected chi connectivity index (χ2v) is 10.9. The minimum atomic E-state index is 0.823. The zero-order chi connectivity index (χ0) is 25.7. The highest BCUT2D eigenvalue weighted by molar-refractivity contribution is 7.19. The number of nitrogens with zero attached hydrogens (tertiary/aromatic N) is 1. The minimum Gasteiger partial charge on any atom is -0.497 e. The van der Waals surface area contributed by atoms with E-state index in [1.54, 1.807) is 38.9 Å². The number of fused-ring (bicyclic) bond motifs is 3. The molecule has 0 unspecified atom stereocenters. The number of nitrogens with one attached hydrogen (secondary N) is 1. The summed E-state index contributed by atoms with van der Waals surface area (Å²) in [5, 5.41) is 2.48. The second-order valence-electron chi connectivity index (χ2n) is 8.28. The van der Waals surface area contributed by atoms with Gasteiger partial charge in [-0.2, -0.15) is 0 Å². The van der Waals surface area contributed by atoms with E-state index in [0.29, 0.717) is 0 Å². The van der Waals surface area contributed by atoms with Crippen molar-refractivity contribution in [2.45, 2.75) is 20.8 Å². The number of thiophene rings is 2. The molecule has 0 bridgehead atoms. The monoisotopic (exact) mass is 518 g/mol. The van der Waals surface area contributed by atoms with Gasteiger partial charge in [0.1, 0.15) is 17.2 Å². The van der Waals surface area contributed by atoms with Crippen molar-refractivity contribution in [3.63, 3.8) is 0 Å². The third kappa shape index (κ3) is 6.17. The number of H-pyrrole nitrogens is 1. The van der Waals surface area contributed by atoms with Crippen LogP contribution >= 0.6 is 22.7 Å². The van der Waals surface area contributed by atoms with Crippen molar-refractivity contribution in [1.29, 1.82) is 0 Å². The fraction of sp³-hybridized carbons (Fsp3) is 0.207. The largest absolute Gasteiger partial charge is 0.497 e. The Kier molecular flexibility index (Phi) is 8.13. The second kappa shape index (κ2) is 11.5. The highest BCUT2D eigenvalue weighted by Crippen LogP contribution is 2.28. The van der Waals surface area contributed by atoms with E-state index in [2.05, 4.69) is 54.1 Å². The Bertz CT molecular complexity index is 1410. The number of ether oxygens (including phenoxy) is 3. The summed E-state index contributed by atoms with van der Waals surface area (Å²) in [6.45, 7) is 6.25. The summed E-state index contributed by atoms with van der Waals surface area (Å²) in [6, 6.07) is 20.6. The smallest absolute Gasteiger partial charge is 0.138 e. The molecular weight excluding hydrogens is 488 g/mol. The van der Waals surface area contributed by atoms with Gasteiger partial charge < -0.3 is 19.2 Å². The van der Waals surface area contributed by atoms with Crippen molar-refractivity contribution in [3.05, 3.63) is 82.3 Å². The van der Waals surface area contributed by atoms with Gasteiger partial charge in [-0.1, -0.05) is 0 Å². The van der Waals surface area contributed by atoms with E-state index in [-0.39, 0.29) is 0 Å². The van der Waals surface area contributed by atoms with E-state index in [9.17, 15) is 0 Å². The average Bonchev–Trinajstić information content (AvgIpc) is 3.56. The van der Waals surface area contributed by atoms with Crippen LogP contribution in [0.4, 0.5) is 0 Å². The van der Waals surface area contributed by atoms with Crippen molar-refractivity contribution in [2.24, 2.45) is 0 Å². The summed E-state index contributed by atoms with van der Waals surface area (Å²) in [7, 11) is 5.03. The molecule has 4 heterocycles. The molecule has 0 amide bonds. The molecule has 36 heavy (non-hydrogen) atoms. The maximum Gasteiger partial charge on any atom is 0.138 e. The number of aromatic nitrogens is 2. The van der Waals surface area contributed by atoms with Crippen LogP contribution in [0.15, 0.2) is 66.9 Å². The molecule has 0 saturated heterocycles. The van der Waals surface area contributed by atoms with Crippen LogP contribution in [-0.4, -0.2) is 31.3 Å². The summed E-state index contributed by atoms with van der Waals surface area (Å²) >= 11 is 3.55. The van der Waals surface area contributed by atoms with Crippen LogP contribution in [0.25, 0.3) is 31.2 Å². The Balaban J connectivity index is 0.000000127. The van der Waals surface area contributed by atoms with Crippen LogP contribution in [0.1, 0.15) is 15.4 Å².